The maximum absolute atomic E-state index is 11.0. The minimum Gasteiger partial charge on any atom is -0.505 e. The predicted octanol–water partition coefficient (Wildman–Crippen LogP) is 5.97. The van der Waals surface area contributed by atoms with Crippen molar-refractivity contribution in [1.29, 1.82) is 0 Å². The maximum atomic E-state index is 11.0. The summed E-state index contributed by atoms with van der Waals surface area (Å²) >= 11 is 0. The Morgan fingerprint density at radius 3 is 2.43 bits per heavy atom. The number of benzene rings is 3. The molecule has 0 bridgehead atoms. The van der Waals surface area contributed by atoms with Crippen molar-refractivity contribution in [3.8, 4) is 11.5 Å². The molecule has 4 nitrogen and oxygen atoms in total. The lowest BCUT2D eigenvalue weighted by molar-refractivity contribution is 0.416. The standard InChI is InChI=1S/C24H24N2O2/c1-4-10-17-15-16-19(24(27)23(17)25-2)22(18-11-6-5-7-12-18)26-20-13-8-9-14-21(20)28-3/h4-16,22,26-27H,2H2,1,3H3/b10-4-. The van der Waals surface area contributed by atoms with Crippen LogP contribution in [0.4, 0.5) is 11.4 Å². The molecule has 0 amide bonds. The minimum atomic E-state index is -0.294. The maximum Gasteiger partial charge on any atom is 0.147 e. The van der Waals surface area contributed by atoms with Gasteiger partial charge in [0.15, 0.2) is 0 Å². The van der Waals surface area contributed by atoms with Crippen molar-refractivity contribution in [2.24, 2.45) is 4.99 Å². The molecule has 28 heavy (non-hydrogen) atoms. The fraction of sp³-hybridized carbons (Fsp3) is 0.125. The number of hydrogen-bond acceptors (Lipinski definition) is 4. The van der Waals surface area contributed by atoms with Gasteiger partial charge in [-0.15, -0.1) is 0 Å². The number of nitrogens with zero attached hydrogens (tertiary/aromatic N) is 1. The topological polar surface area (TPSA) is 53.9 Å². The normalized spacial score (nSPS) is 11.9. The lowest BCUT2D eigenvalue weighted by atomic mass is 9.95. The third kappa shape index (κ3) is 3.91. The van der Waals surface area contributed by atoms with E-state index in [0.29, 0.717) is 11.3 Å². The van der Waals surface area contributed by atoms with Crippen molar-refractivity contribution in [3.63, 3.8) is 0 Å². The van der Waals surface area contributed by atoms with Gasteiger partial charge in [-0.2, -0.15) is 0 Å². The van der Waals surface area contributed by atoms with Crippen LogP contribution in [-0.2, 0) is 0 Å². The van der Waals surface area contributed by atoms with Gasteiger partial charge >= 0.3 is 0 Å². The Labute approximate surface area is 165 Å². The van der Waals surface area contributed by atoms with E-state index in [2.05, 4.69) is 17.0 Å². The first kappa shape index (κ1) is 19.2. The van der Waals surface area contributed by atoms with Crippen molar-refractivity contribution in [2.75, 3.05) is 12.4 Å². The fourth-order valence-electron chi connectivity index (χ4n) is 3.23. The number of methoxy groups -OCH3 is 1. The number of ether oxygens (including phenoxy) is 1. The molecule has 4 heteroatoms. The molecule has 2 N–H and O–H groups in total. The number of para-hydroxylation sites is 2. The molecule has 1 atom stereocenters. The number of nitrogens with one attached hydrogen (secondary N) is 1. The van der Waals surface area contributed by atoms with Crippen molar-refractivity contribution < 1.29 is 9.84 Å². The Morgan fingerprint density at radius 2 is 1.75 bits per heavy atom. The second-order valence-corrected chi connectivity index (χ2v) is 6.29. The van der Waals surface area contributed by atoms with Gasteiger partial charge in [0.1, 0.15) is 17.2 Å². The molecule has 0 fully saturated rings. The van der Waals surface area contributed by atoms with Gasteiger partial charge in [0.25, 0.3) is 0 Å². The summed E-state index contributed by atoms with van der Waals surface area (Å²) < 4.78 is 5.48. The molecule has 142 valence electrons. The van der Waals surface area contributed by atoms with Crippen LogP contribution >= 0.6 is 0 Å². The van der Waals surface area contributed by atoms with E-state index in [9.17, 15) is 5.11 Å². The van der Waals surface area contributed by atoms with Gasteiger partial charge in [-0.3, -0.25) is 4.99 Å². The number of phenolic OH excluding ortho intramolecular Hbond substituents is 1. The molecule has 0 radical (unpaired) electrons. The Kier molecular flexibility index (Phi) is 6.12. The number of rotatable bonds is 7. The van der Waals surface area contributed by atoms with Crippen LogP contribution in [0, 0.1) is 0 Å². The average Bonchev–Trinajstić information content (AvgIpc) is 2.74. The van der Waals surface area contributed by atoms with Crippen molar-refractivity contribution in [1.82, 2.24) is 0 Å². The van der Waals surface area contributed by atoms with Crippen LogP contribution < -0.4 is 10.1 Å². The zero-order valence-corrected chi connectivity index (χ0v) is 16.1. The summed E-state index contributed by atoms with van der Waals surface area (Å²) in [6, 6.07) is 21.2. The second kappa shape index (κ2) is 8.91. The monoisotopic (exact) mass is 372 g/mol. The van der Waals surface area contributed by atoms with E-state index in [0.717, 1.165) is 22.6 Å². The molecule has 3 aromatic rings. The van der Waals surface area contributed by atoms with E-state index in [-0.39, 0.29) is 11.8 Å². The quantitative estimate of drug-likeness (QED) is 0.503. The summed E-state index contributed by atoms with van der Waals surface area (Å²) in [6.45, 7) is 5.56. The van der Waals surface area contributed by atoms with Crippen LogP contribution in [-0.4, -0.2) is 18.9 Å². The van der Waals surface area contributed by atoms with Gasteiger partial charge in [0.2, 0.25) is 0 Å². The third-order valence-corrected chi connectivity index (χ3v) is 4.57. The van der Waals surface area contributed by atoms with Gasteiger partial charge in [-0.05, 0) is 31.3 Å². The average molecular weight is 372 g/mol. The highest BCUT2D eigenvalue weighted by Gasteiger charge is 2.21. The summed E-state index contributed by atoms with van der Waals surface area (Å²) in [5, 5.41) is 14.5. The lowest BCUT2D eigenvalue weighted by Gasteiger charge is -2.24. The summed E-state index contributed by atoms with van der Waals surface area (Å²) in [5.74, 6) is 0.845. The summed E-state index contributed by atoms with van der Waals surface area (Å²) in [6.07, 6.45) is 3.81. The van der Waals surface area contributed by atoms with E-state index in [4.69, 9.17) is 4.74 Å². The van der Waals surface area contributed by atoms with Gasteiger partial charge < -0.3 is 15.2 Å². The van der Waals surface area contributed by atoms with Crippen LogP contribution in [0.25, 0.3) is 6.08 Å². The van der Waals surface area contributed by atoms with Crippen molar-refractivity contribution >= 4 is 24.2 Å². The number of hydrogen-bond donors (Lipinski definition) is 2. The van der Waals surface area contributed by atoms with Crippen LogP contribution in [0.5, 0.6) is 11.5 Å². The van der Waals surface area contributed by atoms with Gasteiger partial charge in [0, 0.05) is 11.1 Å². The zero-order valence-electron chi connectivity index (χ0n) is 16.1. The van der Waals surface area contributed by atoms with Gasteiger partial charge in [-0.1, -0.05) is 66.7 Å². The molecule has 1 unspecified atom stereocenters. The van der Waals surface area contributed by atoms with E-state index in [1.807, 2.05) is 85.8 Å². The van der Waals surface area contributed by atoms with Crippen LogP contribution in [0.1, 0.15) is 29.7 Å². The van der Waals surface area contributed by atoms with Gasteiger partial charge in [-0.25, -0.2) is 0 Å². The molecule has 3 aromatic carbocycles. The van der Waals surface area contributed by atoms with E-state index in [1.54, 1.807) is 7.11 Å². The Bertz CT molecular complexity index is 981. The first-order chi connectivity index (χ1) is 13.7. The third-order valence-electron chi connectivity index (χ3n) is 4.57. The zero-order chi connectivity index (χ0) is 19.9. The van der Waals surface area contributed by atoms with E-state index < -0.39 is 0 Å². The Balaban J connectivity index is 2.14. The lowest BCUT2D eigenvalue weighted by Crippen LogP contribution is -2.13. The number of allylic oxidation sites excluding steroid dienone is 1. The molecule has 0 heterocycles. The molecule has 0 saturated heterocycles. The molecule has 0 aliphatic heterocycles. The fourth-order valence-corrected chi connectivity index (χ4v) is 3.23. The number of aromatic hydroxyl groups is 1. The number of aliphatic imine (C=N–C) groups is 1. The number of anilines is 1. The molecular formula is C24H24N2O2. The van der Waals surface area contributed by atoms with Crippen LogP contribution in [0.15, 0.2) is 77.8 Å². The van der Waals surface area contributed by atoms with Crippen LogP contribution in [0.3, 0.4) is 0 Å². The van der Waals surface area contributed by atoms with E-state index in [1.165, 1.54) is 0 Å². The number of phenols is 1. The van der Waals surface area contributed by atoms with Crippen molar-refractivity contribution in [3.05, 3.63) is 89.5 Å². The Hall–Kier alpha value is -3.53. The molecule has 0 spiro atoms. The molecule has 0 saturated carbocycles. The first-order valence-corrected chi connectivity index (χ1v) is 9.09. The summed E-state index contributed by atoms with van der Waals surface area (Å²) in [5.41, 5.74) is 3.86. The largest absolute Gasteiger partial charge is 0.505 e. The highest BCUT2D eigenvalue weighted by atomic mass is 16.5. The first-order valence-electron chi connectivity index (χ1n) is 9.09. The molecular weight excluding hydrogens is 348 g/mol. The SMILES string of the molecule is C=Nc1c(/C=C\C)ccc(C(Nc2ccccc2OC)c2ccccc2)c1O. The molecule has 0 aliphatic carbocycles. The van der Waals surface area contributed by atoms with Gasteiger partial charge in [0.05, 0.1) is 18.8 Å². The highest BCUT2D eigenvalue weighted by molar-refractivity contribution is 5.74. The summed E-state index contributed by atoms with van der Waals surface area (Å²) in [7, 11) is 1.64. The smallest absolute Gasteiger partial charge is 0.147 e. The predicted molar refractivity (Wildman–Crippen MR) is 117 cm³/mol. The molecule has 0 aromatic heterocycles. The van der Waals surface area contributed by atoms with Crippen LogP contribution in [0.2, 0.25) is 0 Å². The van der Waals surface area contributed by atoms with E-state index >= 15 is 0 Å². The second-order valence-electron chi connectivity index (χ2n) is 6.29. The summed E-state index contributed by atoms with van der Waals surface area (Å²) in [4.78, 5) is 4.06. The molecule has 3 rings (SSSR count). The highest BCUT2D eigenvalue weighted by Crippen LogP contribution is 2.41. The minimum absolute atomic E-state index is 0.113. The van der Waals surface area contributed by atoms with Crippen molar-refractivity contribution in [2.45, 2.75) is 13.0 Å². The Morgan fingerprint density at radius 1 is 1.04 bits per heavy atom. The molecule has 0 aliphatic rings.